The van der Waals surface area contributed by atoms with E-state index < -0.39 is 66.8 Å². The quantitative estimate of drug-likeness (QED) is 0.00814. The highest BCUT2D eigenvalue weighted by atomic mass is 19.4. The van der Waals surface area contributed by atoms with Crippen molar-refractivity contribution in [3.8, 4) is 34.5 Å². The highest BCUT2D eigenvalue weighted by Gasteiger charge is 2.42. The maximum atomic E-state index is 13.6. The lowest BCUT2D eigenvalue weighted by Crippen LogP contribution is -2.44. The van der Waals surface area contributed by atoms with Gasteiger partial charge in [-0.05, 0) is 146 Å². The Morgan fingerprint density at radius 2 is 0.986 bits per heavy atom. The predicted molar refractivity (Wildman–Crippen MR) is 257 cm³/mol. The Labute approximate surface area is 415 Å². The molecular weight excluding hydrogens is 971 g/mol. The third kappa shape index (κ3) is 17.8. The number of carbonyl (C=O) groups is 4. The summed E-state index contributed by atoms with van der Waals surface area (Å²) in [5.74, 6) is -7.31. The Hall–Kier alpha value is -7.84. The average Bonchev–Trinajstić information content (AvgIpc) is 3.33. The highest BCUT2D eigenvalue weighted by molar-refractivity contribution is 6.01. The van der Waals surface area contributed by atoms with Crippen molar-refractivity contribution in [2.75, 3.05) is 38.9 Å². The second-order valence-corrected chi connectivity index (χ2v) is 16.4. The molecule has 0 spiro atoms. The molecule has 20 heteroatoms. The van der Waals surface area contributed by atoms with Gasteiger partial charge in [0, 0.05) is 30.6 Å². The molecule has 0 aliphatic rings. The van der Waals surface area contributed by atoms with E-state index in [1.165, 1.54) is 129 Å². The van der Waals surface area contributed by atoms with Crippen LogP contribution in [0.3, 0.4) is 0 Å². The van der Waals surface area contributed by atoms with E-state index in [1.54, 1.807) is 0 Å². The fourth-order valence-electron chi connectivity index (χ4n) is 6.99. The molecule has 388 valence electrons. The van der Waals surface area contributed by atoms with Crippen LogP contribution in [0, 0.1) is 0 Å². The Bertz CT molecular complexity index is 2740. The molecule has 0 aromatic heterocycles. The largest absolute Gasteiger partial charge is 0.494 e. The lowest BCUT2D eigenvalue weighted by molar-refractivity contribution is -0.187. The molecule has 5 rings (SSSR count). The van der Waals surface area contributed by atoms with Gasteiger partial charge < -0.3 is 50.1 Å². The van der Waals surface area contributed by atoms with Crippen molar-refractivity contribution in [3.05, 3.63) is 143 Å². The molecule has 14 nitrogen and oxygen atoms in total. The summed E-state index contributed by atoms with van der Waals surface area (Å²) in [6.45, 7) is 0.121. The van der Waals surface area contributed by atoms with Gasteiger partial charge in [-0.2, -0.15) is 26.3 Å². The monoisotopic (exact) mass is 1020 g/mol. The number of methoxy groups -OCH3 is 2. The van der Waals surface area contributed by atoms with E-state index in [9.17, 15) is 55.7 Å². The van der Waals surface area contributed by atoms with Gasteiger partial charge in [0.1, 0.15) is 11.5 Å². The maximum absolute atomic E-state index is 13.6. The molecule has 5 aromatic carbocycles. The second kappa shape index (κ2) is 25.5. The minimum atomic E-state index is -4.24. The fraction of sp³-hybridized carbons (Fsp3) is 0.283. The minimum absolute atomic E-state index is 0.00240. The summed E-state index contributed by atoms with van der Waals surface area (Å²) in [6, 6.07) is 24.3. The van der Waals surface area contributed by atoms with E-state index in [4.69, 9.17) is 39.9 Å². The molecule has 0 heterocycles. The molecule has 0 fully saturated rings. The fourth-order valence-corrected chi connectivity index (χ4v) is 6.99. The number of halogens is 6. The summed E-state index contributed by atoms with van der Waals surface area (Å²) >= 11 is 0. The van der Waals surface area contributed by atoms with Crippen molar-refractivity contribution >= 4 is 47.0 Å². The van der Waals surface area contributed by atoms with Gasteiger partial charge >= 0.3 is 24.3 Å². The summed E-state index contributed by atoms with van der Waals surface area (Å²) in [7, 11) is 2.63. The zero-order valence-electron chi connectivity index (χ0n) is 39.5. The number of anilines is 2. The Morgan fingerprint density at radius 1 is 0.562 bits per heavy atom. The number of allylic oxidation sites excluding steroid dienone is 1. The summed E-state index contributed by atoms with van der Waals surface area (Å²) < 4.78 is 107. The van der Waals surface area contributed by atoms with Gasteiger partial charge in [0.2, 0.25) is 11.6 Å². The smallest absolute Gasteiger partial charge is 0.389 e. The number of unbranched alkanes of at least 4 members (excludes halogenated alkanes) is 2. The van der Waals surface area contributed by atoms with Crippen LogP contribution in [-0.4, -0.2) is 79.3 Å². The number of benzene rings is 5. The lowest BCUT2D eigenvalue weighted by atomic mass is 9.83. The van der Waals surface area contributed by atoms with Crippen LogP contribution in [0.1, 0.15) is 88.3 Å². The predicted octanol–water partition coefficient (Wildman–Crippen LogP) is 10.2. The van der Waals surface area contributed by atoms with Gasteiger partial charge in [-0.1, -0.05) is 24.3 Å². The number of nitrogen functional groups attached to an aromatic ring is 2. The summed E-state index contributed by atoms with van der Waals surface area (Å²) in [5.41, 5.74) is 13.3. The Morgan fingerprint density at radius 3 is 1.40 bits per heavy atom. The van der Waals surface area contributed by atoms with Crippen LogP contribution in [0.15, 0.2) is 115 Å². The van der Waals surface area contributed by atoms with Crippen LogP contribution in [0.5, 0.6) is 34.5 Å². The topological polar surface area (TPSA) is 216 Å². The lowest BCUT2D eigenvalue weighted by Gasteiger charge is -2.29. The standard InChI is InChI=1S/C53H52F6N2O12/c1-68-46-27-33(8-20-44(46)72-49(64)35-11-16-41(17-12-35)70-25-5-3-23-51(54,55)56)7-15-40(62)32-43(37-29-38(60)31-39(61)30-37)53(66,67)48(63)22-10-34-9-21-45(47(28-34)69-2)73-50(65)36-13-18-42(19-14-36)71-26-6-4-24-52(57,58)59/h7-22,27-31,43,66-67H,3-6,23-26,32,60-61H2,1-2H3/b15-7+,22-10+. The van der Waals surface area contributed by atoms with E-state index in [-0.39, 0.29) is 90.0 Å². The SMILES string of the molecule is COc1cc(/C=C/C(=O)CC(c2cc(N)cc(N)c2)C(O)(O)C(=O)/C=C/c2ccc(OC(=O)c3ccc(OCCCCC(F)(F)F)cc3)c(OC)c2)ccc1OC(=O)c1ccc(OCCCCC(F)(F)F)cc1. The van der Waals surface area contributed by atoms with Crippen molar-refractivity contribution in [2.45, 2.75) is 69.0 Å². The van der Waals surface area contributed by atoms with Gasteiger partial charge in [-0.15, -0.1) is 0 Å². The van der Waals surface area contributed by atoms with Gasteiger partial charge in [-0.25, -0.2) is 9.59 Å². The van der Waals surface area contributed by atoms with Crippen molar-refractivity contribution in [2.24, 2.45) is 0 Å². The highest BCUT2D eigenvalue weighted by Crippen LogP contribution is 2.36. The van der Waals surface area contributed by atoms with E-state index in [1.807, 2.05) is 0 Å². The van der Waals surface area contributed by atoms with Crippen LogP contribution in [0.25, 0.3) is 12.2 Å². The Balaban J connectivity index is 1.22. The molecular formula is C53H52F6N2O12. The summed E-state index contributed by atoms with van der Waals surface area (Å²) in [4.78, 5) is 53.0. The Kier molecular flexibility index (Phi) is 19.6. The van der Waals surface area contributed by atoms with Crippen LogP contribution in [0.2, 0.25) is 0 Å². The number of nitrogens with two attached hydrogens (primary N) is 2. The van der Waals surface area contributed by atoms with E-state index in [0.717, 1.165) is 12.2 Å². The average molecular weight is 1020 g/mol. The third-order valence-corrected chi connectivity index (χ3v) is 10.8. The van der Waals surface area contributed by atoms with Crippen molar-refractivity contribution in [1.29, 1.82) is 0 Å². The van der Waals surface area contributed by atoms with Crippen molar-refractivity contribution in [1.82, 2.24) is 0 Å². The summed E-state index contributed by atoms with van der Waals surface area (Å²) in [6.07, 6.45) is -6.05. The normalized spacial score (nSPS) is 12.4. The molecule has 5 aromatic rings. The second-order valence-electron chi connectivity index (χ2n) is 16.4. The van der Waals surface area contributed by atoms with Gasteiger partial charge in [0.25, 0.3) is 0 Å². The number of hydrogen-bond donors (Lipinski definition) is 4. The molecule has 0 saturated heterocycles. The zero-order chi connectivity index (χ0) is 53.3. The number of hydrogen-bond acceptors (Lipinski definition) is 14. The van der Waals surface area contributed by atoms with E-state index >= 15 is 0 Å². The number of esters is 2. The molecule has 1 atom stereocenters. The molecule has 73 heavy (non-hydrogen) atoms. The number of aliphatic hydroxyl groups is 2. The van der Waals surface area contributed by atoms with Gasteiger partial charge in [-0.3, -0.25) is 9.59 Å². The summed E-state index contributed by atoms with van der Waals surface area (Å²) in [5, 5.41) is 22.9. The first-order valence-corrected chi connectivity index (χ1v) is 22.5. The molecule has 0 radical (unpaired) electrons. The van der Waals surface area contributed by atoms with Crippen LogP contribution in [0.4, 0.5) is 37.7 Å². The first kappa shape index (κ1) is 56.1. The van der Waals surface area contributed by atoms with Crippen molar-refractivity contribution in [3.63, 3.8) is 0 Å². The molecule has 0 aliphatic heterocycles. The number of rotatable bonds is 25. The first-order valence-electron chi connectivity index (χ1n) is 22.5. The molecule has 1 unspecified atom stereocenters. The zero-order valence-corrected chi connectivity index (χ0v) is 39.5. The minimum Gasteiger partial charge on any atom is -0.494 e. The number of ketones is 2. The molecule has 0 saturated carbocycles. The number of carbonyl (C=O) groups excluding carboxylic acids is 4. The molecule has 0 bridgehead atoms. The maximum Gasteiger partial charge on any atom is 0.389 e. The van der Waals surface area contributed by atoms with Crippen LogP contribution in [-0.2, 0) is 9.59 Å². The number of alkyl halides is 6. The van der Waals surface area contributed by atoms with E-state index in [2.05, 4.69) is 0 Å². The first-order chi connectivity index (χ1) is 34.5. The van der Waals surface area contributed by atoms with E-state index in [0.29, 0.717) is 22.6 Å². The molecule has 0 aliphatic carbocycles. The number of ether oxygens (including phenoxy) is 6. The van der Waals surface area contributed by atoms with Crippen molar-refractivity contribution < 1.29 is 84.2 Å². The van der Waals surface area contributed by atoms with Crippen LogP contribution < -0.4 is 39.9 Å². The van der Waals surface area contributed by atoms with Gasteiger partial charge in [0.15, 0.2) is 28.8 Å². The van der Waals surface area contributed by atoms with Gasteiger partial charge in [0.05, 0.1) is 44.5 Å². The molecule has 6 N–H and O–H groups in total. The van der Waals surface area contributed by atoms with Crippen LogP contribution >= 0.6 is 0 Å². The third-order valence-electron chi connectivity index (χ3n) is 10.8. The molecule has 0 amide bonds.